The number of aliphatic hydroxyl groups excluding tert-OH is 1. The molecule has 0 aromatic heterocycles. The van der Waals surface area contributed by atoms with E-state index >= 15 is 0 Å². The fourth-order valence-corrected chi connectivity index (χ4v) is 5.65. The summed E-state index contributed by atoms with van der Waals surface area (Å²) in [6, 6.07) is -1.45. The Morgan fingerprint density at radius 3 is 2.20 bits per heavy atom. The molecule has 174 valence electrons. The second-order valence-electron chi connectivity index (χ2n) is 9.08. The lowest BCUT2D eigenvalue weighted by molar-refractivity contribution is -0.137. The Bertz CT molecular complexity index is 638. The Morgan fingerprint density at radius 2 is 1.67 bits per heavy atom. The number of hydrogen-bond acceptors (Lipinski definition) is 7. The molecule has 0 radical (unpaired) electrons. The lowest BCUT2D eigenvalue weighted by Gasteiger charge is -2.37. The summed E-state index contributed by atoms with van der Waals surface area (Å²) < 4.78 is 28.0. The van der Waals surface area contributed by atoms with Crippen LogP contribution in [-0.4, -0.2) is 66.3 Å². The minimum atomic E-state index is -3.77. The molecule has 0 aromatic rings. The maximum Gasteiger partial charge on any atom is 0.408 e. The highest BCUT2D eigenvalue weighted by atomic mass is 31.2. The van der Waals surface area contributed by atoms with E-state index in [0.717, 1.165) is 32.1 Å². The minimum absolute atomic E-state index is 0.00573. The Hall–Kier alpha value is -1.15. The zero-order valence-corrected chi connectivity index (χ0v) is 19.7. The molecule has 2 amide bonds. The van der Waals surface area contributed by atoms with Gasteiger partial charge in [-0.1, -0.05) is 19.3 Å². The number of amides is 2. The average molecular weight is 448 g/mol. The van der Waals surface area contributed by atoms with Gasteiger partial charge in [0.15, 0.2) is 5.85 Å². The molecule has 0 aromatic carbocycles. The van der Waals surface area contributed by atoms with Gasteiger partial charge in [0.25, 0.3) is 0 Å². The lowest BCUT2D eigenvalue weighted by atomic mass is 9.83. The molecule has 1 unspecified atom stereocenters. The summed E-state index contributed by atoms with van der Waals surface area (Å²) in [5.74, 6) is -1.74. The van der Waals surface area contributed by atoms with Crippen LogP contribution >= 0.6 is 7.60 Å². The standard InChI is InChI=1S/C20H37N2O7P/c1-20(2,3)29-19(25)21-16(14-10-7-6-8-11-14)17(23)22-13-9-12-15(22)18(24)30(26,27-4)28-5/h14-16,18,24H,6-13H2,1-5H3,(H,21,25)/t15-,16-,18?/m0/s1. The molecule has 0 bridgehead atoms. The van der Waals surface area contributed by atoms with Crippen molar-refractivity contribution in [3.05, 3.63) is 0 Å². The number of likely N-dealkylation sites (tertiary alicyclic amines) is 1. The van der Waals surface area contributed by atoms with E-state index in [4.69, 9.17) is 13.8 Å². The van der Waals surface area contributed by atoms with Crippen molar-refractivity contribution >= 4 is 19.6 Å². The summed E-state index contributed by atoms with van der Waals surface area (Å²) in [4.78, 5) is 27.5. The number of rotatable bonds is 7. The Morgan fingerprint density at radius 1 is 1.07 bits per heavy atom. The van der Waals surface area contributed by atoms with Gasteiger partial charge in [-0.05, 0) is 52.4 Å². The fraction of sp³-hybridized carbons (Fsp3) is 0.900. The molecular weight excluding hydrogens is 411 g/mol. The molecule has 1 saturated carbocycles. The molecule has 2 N–H and O–H groups in total. The fourth-order valence-electron chi connectivity index (χ4n) is 4.34. The highest BCUT2D eigenvalue weighted by Gasteiger charge is 2.47. The number of ether oxygens (including phenoxy) is 1. The van der Waals surface area contributed by atoms with Crippen LogP contribution in [0, 0.1) is 5.92 Å². The SMILES string of the molecule is COP(=O)(OC)C(O)[C@@H]1CCCN1C(=O)[C@@H](NC(=O)OC(C)(C)C)C1CCCCC1. The highest BCUT2D eigenvalue weighted by molar-refractivity contribution is 7.54. The van der Waals surface area contributed by atoms with E-state index < -0.39 is 37.2 Å². The number of carbonyl (C=O) groups is 2. The van der Waals surface area contributed by atoms with Crippen molar-refractivity contribution in [1.82, 2.24) is 10.2 Å². The monoisotopic (exact) mass is 448 g/mol. The van der Waals surface area contributed by atoms with Gasteiger partial charge in [-0.25, -0.2) is 4.79 Å². The summed E-state index contributed by atoms with van der Waals surface area (Å²) in [7, 11) is -1.34. The van der Waals surface area contributed by atoms with Gasteiger partial charge >= 0.3 is 13.7 Å². The van der Waals surface area contributed by atoms with Crippen molar-refractivity contribution in [3.8, 4) is 0 Å². The van der Waals surface area contributed by atoms with Gasteiger partial charge in [0.2, 0.25) is 5.91 Å². The van der Waals surface area contributed by atoms with E-state index in [2.05, 4.69) is 5.32 Å². The molecule has 1 aliphatic heterocycles. The number of alkyl carbamates (subject to hydrolysis) is 1. The van der Waals surface area contributed by atoms with Crippen LogP contribution in [0.4, 0.5) is 4.79 Å². The Labute approximate surface area is 179 Å². The number of nitrogens with zero attached hydrogens (tertiary/aromatic N) is 1. The highest BCUT2D eigenvalue weighted by Crippen LogP contribution is 2.53. The molecule has 0 spiro atoms. The first-order chi connectivity index (χ1) is 14.0. The van der Waals surface area contributed by atoms with Crippen LogP contribution in [0.25, 0.3) is 0 Å². The molecule has 10 heteroatoms. The van der Waals surface area contributed by atoms with E-state index in [1.165, 1.54) is 19.1 Å². The van der Waals surface area contributed by atoms with Crippen molar-refractivity contribution in [1.29, 1.82) is 0 Å². The second-order valence-corrected chi connectivity index (χ2v) is 11.4. The number of nitrogens with one attached hydrogen (secondary N) is 1. The predicted molar refractivity (Wildman–Crippen MR) is 112 cm³/mol. The van der Waals surface area contributed by atoms with Crippen molar-refractivity contribution in [2.45, 2.75) is 89.2 Å². The lowest BCUT2D eigenvalue weighted by Crippen LogP contribution is -2.56. The van der Waals surface area contributed by atoms with Gasteiger partial charge in [0.1, 0.15) is 11.6 Å². The maximum atomic E-state index is 13.5. The zero-order valence-electron chi connectivity index (χ0n) is 18.8. The van der Waals surface area contributed by atoms with Crippen molar-refractivity contribution < 1.29 is 33.0 Å². The Balaban J connectivity index is 2.22. The maximum absolute atomic E-state index is 13.5. The normalized spacial score (nSPS) is 23.1. The van der Waals surface area contributed by atoms with E-state index in [-0.39, 0.29) is 11.8 Å². The van der Waals surface area contributed by atoms with Crippen LogP contribution in [0.2, 0.25) is 0 Å². The molecule has 1 saturated heterocycles. The first-order valence-corrected chi connectivity index (χ1v) is 12.3. The van der Waals surface area contributed by atoms with Crippen LogP contribution in [-0.2, 0) is 23.1 Å². The van der Waals surface area contributed by atoms with Gasteiger partial charge in [-0.2, -0.15) is 0 Å². The summed E-state index contributed by atoms with van der Waals surface area (Å²) in [6.45, 7) is 5.71. The molecule has 1 heterocycles. The van der Waals surface area contributed by atoms with Crippen molar-refractivity contribution in [2.24, 2.45) is 5.92 Å². The van der Waals surface area contributed by atoms with Crippen molar-refractivity contribution in [2.75, 3.05) is 20.8 Å². The number of hydrogen-bond donors (Lipinski definition) is 2. The van der Waals surface area contributed by atoms with Crippen molar-refractivity contribution in [3.63, 3.8) is 0 Å². The summed E-state index contributed by atoms with van der Waals surface area (Å²) >= 11 is 0. The molecule has 30 heavy (non-hydrogen) atoms. The van der Waals surface area contributed by atoms with Gasteiger partial charge in [-0.15, -0.1) is 0 Å². The van der Waals surface area contributed by atoms with Gasteiger partial charge in [0, 0.05) is 20.8 Å². The Kier molecular flexibility index (Phi) is 8.74. The van der Waals surface area contributed by atoms with E-state index in [1.807, 2.05) is 0 Å². The van der Waals surface area contributed by atoms with E-state index in [9.17, 15) is 19.3 Å². The third kappa shape index (κ3) is 6.19. The van der Waals surface area contributed by atoms with Crippen LogP contribution in [0.3, 0.4) is 0 Å². The number of carbonyl (C=O) groups excluding carboxylic acids is 2. The first-order valence-electron chi connectivity index (χ1n) is 10.7. The van der Waals surface area contributed by atoms with Crippen LogP contribution in [0.1, 0.15) is 65.7 Å². The third-order valence-corrected chi connectivity index (χ3v) is 7.83. The largest absolute Gasteiger partial charge is 0.444 e. The topological polar surface area (TPSA) is 114 Å². The van der Waals surface area contributed by atoms with Gasteiger partial charge < -0.3 is 29.1 Å². The number of aliphatic hydroxyl groups is 1. The van der Waals surface area contributed by atoms with E-state index in [1.54, 1.807) is 20.8 Å². The molecule has 9 nitrogen and oxygen atoms in total. The van der Waals surface area contributed by atoms with Crippen LogP contribution in [0.15, 0.2) is 0 Å². The molecule has 1 aliphatic carbocycles. The second kappa shape index (κ2) is 10.4. The molecule has 2 fully saturated rings. The van der Waals surface area contributed by atoms with Crippen LogP contribution < -0.4 is 5.32 Å². The van der Waals surface area contributed by atoms with Crippen LogP contribution in [0.5, 0.6) is 0 Å². The summed E-state index contributed by atoms with van der Waals surface area (Å²) in [6.07, 6.45) is 5.28. The van der Waals surface area contributed by atoms with Gasteiger partial charge in [0.05, 0.1) is 6.04 Å². The minimum Gasteiger partial charge on any atom is -0.444 e. The van der Waals surface area contributed by atoms with Gasteiger partial charge in [-0.3, -0.25) is 9.36 Å². The quantitative estimate of drug-likeness (QED) is 0.575. The molecular formula is C20H37N2O7P. The van der Waals surface area contributed by atoms with E-state index in [0.29, 0.717) is 19.4 Å². The zero-order chi connectivity index (χ0) is 22.5. The average Bonchev–Trinajstić information content (AvgIpc) is 3.19. The first kappa shape index (κ1) is 25.1. The predicted octanol–water partition coefficient (Wildman–Crippen LogP) is 3.26. The molecule has 2 aliphatic rings. The smallest absolute Gasteiger partial charge is 0.408 e. The molecule has 3 atom stereocenters. The summed E-state index contributed by atoms with van der Waals surface area (Å²) in [5, 5.41) is 13.5. The molecule has 2 rings (SSSR count). The summed E-state index contributed by atoms with van der Waals surface area (Å²) in [5.41, 5.74) is -0.680. The third-order valence-electron chi connectivity index (χ3n) is 5.82.